The lowest BCUT2D eigenvalue weighted by atomic mass is 10.2. The number of oxime groups is 1. The molecule has 0 aliphatic heterocycles. The van der Waals surface area contributed by atoms with Crippen LogP contribution in [0, 0.1) is 10.1 Å². The molecular formula is C10H9N3O6. The highest BCUT2D eigenvalue weighted by molar-refractivity contribution is 6.34. The molecule has 100 valence electrons. The lowest BCUT2D eigenvalue weighted by Gasteiger charge is -1.99. The van der Waals surface area contributed by atoms with Gasteiger partial charge in [0.2, 0.25) is 5.84 Å². The van der Waals surface area contributed by atoms with Gasteiger partial charge < -0.3 is 15.3 Å². The molecule has 0 aliphatic rings. The van der Waals surface area contributed by atoms with E-state index in [4.69, 9.17) is 5.73 Å². The van der Waals surface area contributed by atoms with E-state index in [1.165, 1.54) is 18.2 Å². The van der Waals surface area contributed by atoms with Gasteiger partial charge in [0.25, 0.3) is 5.69 Å². The van der Waals surface area contributed by atoms with Gasteiger partial charge in [-0.15, -0.1) is 0 Å². The topological polar surface area (TPSA) is 134 Å². The van der Waals surface area contributed by atoms with Crippen LogP contribution in [0.5, 0.6) is 0 Å². The average Bonchev–Trinajstić information content (AvgIpc) is 2.43. The maximum absolute atomic E-state index is 11.5. The first-order valence-corrected chi connectivity index (χ1v) is 4.83. The third-order valence-electron chi connectivity index (χ3n) is 1.91. The van der Waals surface area contributed by atoms with Gasteiger partial charge in [-0.3, -0.25) is 10.1 Å². The molecule has 0 spiro atoms. The first-order valence-electron chi connectivity index (χ1n) is 4.83. The predicted octanol–water partition coefficient (Wildman–Crippen LogP) is 0.197. The molecule has 0 saturated carbocycles. The van der Waals surface area contributed by atoms with Crippen LogP contribution >= 0.6 is 0 Å². The van der Waals surface area contributed by atoms with E-state index in [0.717, 1.165) is 13.2 Å². The van der Waals surface area contributed by atoms with E-state index >= 15 is 0 Å². The number of nitrogens with two attached hydrogens (primary N) is 1. The van der Waals surface area contributed by atoms with E-state index in [0.29, 0.717) is 0 Å². The summed E-state index contributed by atoms with van der Waals surface area (Å²) in [5.41, 5.74) is 4.74. The van der Waals surface area contributed by atoms with Crippen molar-refractivity contribution < 1.29 is 24.1 Å². The van der Waals surface area contributed by atoms with Crippen molar-refractivity contribution in [2.75, 3.05) is 7.11 Å². The molecule has 0 aliphatic carbocycles. The van der Waals surface area contributed by atoms with E-state index in [1.807, 2.05) is 0 Å². The molecule has 9 nitrogen and oxygen atoms in total. The first-order chi connectivity index (χ1) is 8.95. The zero-order valence-electron chi connectivity index (χ0n) is 9.73. The van der Waals surface area contributed by atoms with Crippen LogP contribution in [0.25, 0.3) is 0 Å². The normalized spacial score (nSPS) is 10.7. The number of benzene rings is 1. The fraction of sp³-hybridized carbons (Fsp3) is 0.100. The van der Waals surface area contributed by atoms with Gasteiger partial charge in [0, 0.05) is 12.1 Å². The van der Waals surface area contributed by atoms with E-state index in [1.54, 1.807) is 0 Å². The Balaban J connectivity index is 2.82. The summed E-state index contributed by atoms with van der Waals surface area (Å²) in [6.07, 6.45) is 0. The summed E-state index contributed by atoms with van der Waals surface area (Å²) < 4.78 is 4.23. The van der Waals surface area contributed by atoms with Gasteiger partial charge in [-0.25, -0.2) is 9.59 Å². The summed E-state index contributed by atoms with van der Waals surface area (Å²) in [7, 11) is 1.08. The molecular weight excluding hydrogens is 258 g/mol. The number of nitro benzene ring substituents is 1. The van der Waals surface area contributed by atoms with Crippen molar-refractivity contribution >= 4 is 23.5 Å². The van der Waals surface area contributed by atoms with E-state index in [2.05, 4.69) is 14.7 Å². The lowest BCUT2D eigenvalue weighted by Crippen LogP contribution is -2.25. The SMILES string of the molecule is COC(=O)/C(N)=N\OC(=O)c1cccc([N+](=O)[O-])c1. The van der Waals surface area contributed by atoms with Gasteiger partial charge >= 0.3 is 11.9 Å². The highest BCUT2D eigenvalue weighted by atomic mass is 16.7. The number of non-ortho nitro benzene ring substituents is 1. The number of esters is 1. The summed E-state index contributed by atoms with van der Waals surface area (Å²) in [6, 6.07) is 4.82. The van der Waals surface area contributed by atoms with Crippen LogP contribution in [0.4, 0.5) is 5.69 Å². The van der Waals surface area contributed by atoms with Crippen molar-refractivity contribution in [3.8, 4) is 0 Å². The van der Waals surface area contributed by atoms with Crippen LogP contribution in [0.2, 0.25) is 0 Å². The summed E-state index contributed by atoms with van der Waals surface area (Å²) >= 11 is 0. The number of nitro groups is 1. The van der Waals surface area contributed by atoms with Crippen molar-refractivity contribution in [1.82, 2.24) is 0 Å². The Hall–Kier alpha value is -2.97. The van der Waals surface area contributed by atoms with E-state index in [9.17, 15) is 19.7 Å². The summed E-state index contributed by atoms with van der Waals surface area (Å²) in [5.74, 6) is -2.61. The molecule has 0 fully saturated rings. The average molecular weight is 267 g/mol. The molecule has 0 bridgehead atoms. The monoisotopic (exact) mass is 267 g/mol. The molecule has 0 atom stereocenters. The molecule has 19 heavy (non-hydrogen) atoms. The van der Waals surface area contributed by atoms with Gasteiger partial charge in [0.15, 0.2) is 0 Å². The zero-order chi connectivity index (χ0) is 14.4. The van der Waals surface area contributed by atoms with Crippen LogP contribution in [0.3, 0.4) is 0 Å². The number of carbonyl (C=O) groups is 2. The van der Waals surface area contributed by atoms with Gasteiger partial charge in [-0.2, -0.15) is 0 Å². The van der Waals surface area contributed by atoms with Crippen LogP contribution < -0.4 is 5.73 Å². The van der Waals surface area contributed by atoms with Crippen molar-refractivity contribution in [3.05, 3.63) is 39.9 Å². The Morgan fingerprint density at radius 1 is 1.42 bits per heavy atom. The maximum Gasteiger partial charge on any atom is 0.376 e. The van der Waals surface area contributed by atoms with Crippen molar-refractivity contribution in [3.63, 3.8) is 0 Å². The number of rotatable bonds is 3. The molecule has 2 N–H and O–H groups in total. The third kappa shape index (κ3) is 3.77. The van der Waals surface area contributed by atoms with Gasteiger partial charge in [-0.1, -0.05) is 6.07 Å². The molecule has 0 unspecified atom stereocenters. The van der Waals surface area contributed by atoms with E-state index in [-0.39, 0.29) is 11.3 Å². The van der Waals surface area contributed by atoms with Gasteiger partial charge in [-0.05, 0) is 11.2 Å². The summed E-state index contributed by atoms with van der Waals surface area (Å²) in [6.45, 7) is 0. The third-order valence-corrected chi connectivity index (χ3v) is 1.91. The Bertz CT molecular complexity index is 554. The number of methoxy groups -OCH3 is 1. The Morgan fingerprint density at radius 3 is 2.68 bits per heavy atom. The van der Waals surface area contributed by atoms with E-state index < -0.39 is 22.7 Å². The Morgan fingerprint density at radius 2 is 2.11 bits per heavy atom. The number of hydrogen-bond donors (Lipinski definition) is 1. The van der Waals surface area contributed by atoms with Crippen molar-refractivity contribution in [1.29, 1.82) is 0 Å². The minimum atomic E-state index is -0.990. The van der Waals surface area contributed by atoms with Gasteiger partial charge in [0.1, 0.15) is 0 Å². The number of hydrogen-bond acceptors (Lipinski definition) is 7. The second-order valence-electron chi connectivity index (χ2n) is 3.15. The minimum Gasteiger partial charge on any atom is -0.463 e. The number of carbonyl (C=O) groups excluding carboxylic acids is 2. The lowest BCUT2D eigenvalue weighted by molar-refractivity contribution is -0.384. The highest BCUT2D eigenvalue weighted by Gasteiger charge is 2.14. The number of ether oxygens (including phenoxy) is 1. The second kappa shape index (κ2) is 6.10. The molecule has 1 rings (SSSR count). The highest BCUT2D eigenvalue weighted by Crippen LogP contribution is 2.13. The molecule has 0 radical (unpaired) electrons. The fourth-order valence-electron chi connectivity index (χ4n) is 1.03. The second-order valence-corrected chi connectivity index (χ2v) is 3.15. The Labute approximate surface area is 106 Å². The predicted molar refractivity (Wildman–Crippen MR) is 62.2 cm³/mol. The molecule has 0 amide bonds. The smallest absolute Gasteiger partial charge is 0.376 e. The van der Waals surface area contributed by atoms with Crippen LogP contribution in [0.15, 0.2) is 29.4 Å². The molecule has 0 heterocycles. The van der Waals surface area contributed by atoms with Crippen LogP contribution in [-0.2, 0) is 14.4 Å². The zero-order valence-corrected chi connectivity index (χ0v) is 9.73. The van der Waals surface area contributed by atoms with Crippen molar-refractivity contribution in [2.24, 2.45) is 10.9 Å². The minimum absolute atomic E-state index is 0.101. The van der Waals surface area contributed by atoms with Crippen LogP contribution in [0.1, 0.15) is 10.4 Å². The van der Waals surface area contributed by atoms with Crippen LogP contribution in [-0.4, -0.2) is 29.8 Å². The molecule has 1 aromatic rings. The van der Waals surface area contributed by atoms with Crippen molar-refractivity contribution in [2.45, 2.75) is 0 Å². The largest absolute Gasteiger partial charge is 0.463 e. The first kappa shape index (κ1) is 14.1. The Kier molecular flexibility index (Phi) is 4.52. The molecule has 9 heteroatoms. The summed E-state index contributed by atoms with van der Waals surface area (Å²) in [4.78, 5) is 36.5. The standard InChI is InChI=1S/C10H9N3O6/c1-18-10(15)8(11)12-19-9(14)6-3-2-4-7(5-6)13(16)17/h2-5H,1H3,(H2,11,12). The molecule has 1 aromatic carbocycles. The number of amidine groups is 1. The maximum atomic E-state index is 11.5. The quantitative estimate of drug-likeness (QED) is 0.206. The van der Waals surface area contributed by atoms with Gasteiger partial charge in [0.05, 0.1) is 17.6 Å². The molecule has 0 saturated heterocycles. The molecule has 0 aromatic heterocycles. The fourth-order valence-corrected chi connectivity index (χ4v) is 1.03. The summed E-state index contributed by atoms with van der Waals surface area (Å²) in [5, 5.41) is 13.6. The number of nitrogens with zero attached hydrogens (tertiary/aromatic N) is 2.